The molecule has 0 atom stereocenters. The Hall–Kier alpha value is -6.27. The molecule has 0 heterocycles. The lowest BCUT2D eigenvalue weighted by atomic mass is 10.0. The van der Waals surface area contributed by atoms with Gasteiger partial charge in [0.15, 0.2) is 17.3 Å². The minimum atomic E-state index is -0.421. The molecule has 1 N–H and O–H groups in total. The van der Waals surface area contributed by atoms with Crippen LogP contribution in [-0.4, -0.2) is 10.9 Å². The molecule has 0 aliphatic heterocycles. The monoisotopic (exact) mass is 662 g/mol. The lowest BCUT2D eigenvalue weighted by molar-refractivity contribution is 0.104. The van der Waals surface area contributed by atoms with Crippen molar-refractivity contribution in [2.75, 3.05) is 0 Å². The Balaban J connectivity index is 1.26. The van der Waals surface area contributed by atoms with Crippen molar-refractivity contribution in [2.45, 2.75) is 33.4 Å². The summed E-state index contributed by atoms with van der Waals surface area (Å²) in [5.41, 5.74) is 5.65. The van der Waals surface area contributed by atoms with Crippen LogP contribution < -0.4 is 18.9 Å². The number of aromatic hydroxyl groups is 1. The van der Waals surface area contributed by atoms with Crippen molar-refractivity contribution in [2.24, 2.45) is 0 Å². The van der Waals surface area contributed by atoms with E-state index in [0.29, 0.717) is 37.1 Å². The number of rotatable bonds is 15. The van der Waals surface area contributed by atoms with Crippen molar-refractivity contribution in [1.29, 1.82) is 0 Å². The number of carbonyl (C=O) groups is 1. The molecule has 6 rings (SSSR count). The maximum Gasteiger partial charge on any atom is 0.193 e. The molecule has 0 fully saturated rings. The topological polar surface area (TPSA) is 74.2 Å². The van der Waals surface area contributed by atoms with Gasteiger partial charge >= 0.3 is 0 Å². The summed E-state index contributed by atoms with van der Waals surface area (Å²) >= 11 is 0. The Morgan fingerprint density at radius 2 is 0.960 bits per heavy atom. The van der Waals surface area contributed by atoms with E-state index in [9.17, 15) is 9.90 Å². The Morgan fingerprint density at radius 1 is 0.540 bits per heavy atom. The van der Waals surface area contributed by atoms with E-state index in [1.54, 1.807) is 12.1 Å². The van der Waals surface area contributed by atoms with Gasteiger partial charge in [-0.3, -0.25) is 4.79 Å². The van der Waals surface area contributed by atoms with Gasteiger partial charge in [0.2, 0.25) is 0 Å². The molecule has 0 unspecified atom stereocenters. The van der Waals surface area contributed by atoms with Gasteiger partial charge in [0.25, 0.3) is 0 Å². The van der Waals surface area contributed by atoms with Crippen LogP contribution in [0.1, 0.15) is 43.7 Å². The van der Waals surface area contributed by atoms with Crippen molar-refractivity contribution in [3.63, 3.8) is 0 Å². The third-order valence-corrected chi connectivity index (χ3v) is 8.01. The van der Waals surface area contributed by atoms with Gasteiger partial charge in [0, 0.05) is 12.1 Å². The van der Waals surface area contributed by atoms with Crippen LogP contribution in [-0.2, 0) is 26.4 Å². The predicted molar refractivity (Wildman–Crippen MR) is 196 cm³/mol. The van der Waals surface area contributed by atoms with Crippen molar-refractivity contribution >= 4 is 11.9 Å². The molecule has 6 heteroatoms. The number of ether oxygens (including phenoxy) is 4. The van der Waals surface area contributed by atoms with E-state index in [0.717, 1.165) is 33.4 Å². The Morgan fingerprint density at radius 3 is 1.44 bits per heavy atom. The van der Waals surface area contributed by atoms with E-state index < -0.39 is 5.78 Å². The molecule has 0 aromatic heterocycles. The lowest BCUT2D eigenvalue weighted by Gasteiger charge is -2.16. The highest BCUT2D eigenvalue weighted by atomic mass is 16.5. The first-order valence-corrected chi connectivity index (χ1v) is 16.4. The van der Waals surface area contributed by atoms with Gasteiger partial charge in [-0.2, -0.15) is 0 Å². The summed E-state index contributed by atoms with van der Waals surface area (Å²) in [7, 11) is 0. The highest BCUT2D eigenvalue weighted by molar-refractivity contribution is 6.10. The first-order chi connectivity index (χ1) is 24.5. The summed E-state index contributed by atoms with van der Waals surface area (Å²) < 4.78 is 24.6. The Bertz CT molecular complexity index is 2020. The number of carbonyl (C=O) groups excluding carboxylic acids is 1. The second-order valence-electron chi connectivity index (χ2n) is 11.8. The minimum absolute atomic E-state index is 0.0465. The van der Waals surface area contributed by atoms with E-state index in [1.165, 1.54) is 12.1 Å². The summed E-state index contributed by atoms with van der Waals surface area (Å²) in [5.74, 6) is 1.11. The van der Waals surface area contributed by atoms with Crippen LogP contribution in [0.3, 0.4) is 0 Å². The predicted octanol–water partition coefficient (Wildman–Crippen LogP) is 9.91. The standard InChI is InChI=1S/C44H38O6/c1-32-24-41(48-29-34-16-8-3-9-17-34)42(49-30-35-18-10-4-11-19-35)25-37(32)22-23-39(45)44-40(46)26-38(47-28-33-14-6-2-7-15-33)27-43(44)50-31-36-20-12-5-13-21-36/h2-27,46H,28-31H2,1H3. The zero-order valence-electron chi connectivity index (χ0n) is 27.8. The average molecular weight is 663 g/mol. The largest absolute Gasteiger partial charge is 0.507 e. The van der Waals surface area contributed by atoms with Crippen LogP contribution in [0, 0.1) is 6.92 Å². The fraction of sp³-hybridized carbons (Fsp3) is 0.114. The molecule has 0 aliphatic rings. The highest BCUT2D eigenvalue weighted by Gasteiger charge is 2.19. The number of ketones is 1. The summed E-state index contributed by atoms with van der Waals surface area (Å²) in [4.78, 5) is 13.8. The number of hydrogen-bond donors (Lipinski definition) is 1. The van der Waals surface area contributed by atoms with Crippen LogP contribution in [0.5, 0.6) is 28.7 Å². The van der Waals surface area contributed by atoms with Gasteiger partial charge in [-0.15, -0.1) is 0 Å². The molecule has 0 bridgehead atoms. The first kappa shape index (κ1) is 33.6. The normalized spacial score (nSPS) is 10.9. The zero-order valence-corrected chi connectivity index (χ0v) is 27.8. The van der Waals surface area contributed by atoms with E-state index in [4.69, 9.17) is 18.9 Å². The number of benzene rings is 6. The molecular weight excluding hydrogens is 624 g/mol. The third kappa shape index (κ3) is 9.20. The van der Waals surface area contributed by atoms with E-state index in [1.807, 2.05) is 140 Å². The molecule has 50 heavy (non-hydrogen) atoms. The third-order valence-electron chi connectivity index (χ3n) is 8.01. The van der Waals surface area contributed by atoms with Crippen molar-refractivity contribution in [3.8, 4) is 28.7 Å². The number of aryl methyl sites for hydroxylation is 1. The molecule has 0 aliphatic carbocycles. The van der Waals surface area contributed by atoms with E-state index in [-0.39, 0.29) is 23.7 Å². The van der Waals surface area contributed by atoms with E-state index >= 15 is 0 Å². The molecule has 0 radical (unpaired) electrons. The maximum atomic E-state index is 13.8. The number of phenolic OH excluding ortho intramolecular Hbond substituents is 1. The van der Waals surface area contributed by atoms with Gasteiger partial charge in [0.05, 0.1) is 0 Å². The number of hydrogen-bond acceptors (Lipinski definition) is 6. The summed E-state index contributed by atoms with van der Waals surface area (Å²) in [6.45, 7) is 3.18. The van der Waals surface area contributed by atoms with Crippen LogP contribution in [0.15, 0.2) is 152 Å². The maximum absolute atomic E-state index is 13.8. The highest BCUT2D eigenvalue weighted by Crippen LogP contribution is 2.36. The molecule has 250 valence electrons. The zero-order chi connectivity index (χ0) is 34.5. The van der Waals surface area contributed by atoms with E-state index in [2.05, 4.69) is 0 Å². The molecule has 6 aromatic rings. The molecule has 0 spiro atoms. The summed E-state index contributed by atoms with van der Waals surface area (Å²) in [6, 6.07) is 46.1. The second-order valence-corrected chi connectivity index (χ2v) is 11.8. The van der Waals surface area contributed by atoms with Gasteiger partial charge in [-0.1, -0.05) is 127 Å². The van der Waals surface area contributed by atoms with Crippen molar-refractivity contribution in [3.05, 3.63) is 191 Å². The van der Waals surface area contributed by atoms with Crippen molar-refractivity contribution in [1.82, 2.24) is 0 Å². The summed E-state index contributed by atoms with van der Waals surface area (Å²) in [6.07, 6.45) is 3.15. The average Bonchev–Trinajstić information content (AvgIpc) is 3.16. The molecule has 0 amide bonds. The quantitative estimate of drug-likeness (QED) is 0.0872. The fourth-order valence-electron chi connectivity index (χ4n) is 5.30. The molecular formula is C44H38O6. The van der Waals surface area contributed by atoms with Crippen LogP contribution in [0.25, 0.3) is 6.08 Å². The Labute approximate surface area is 292 Å². The van der Waals surface area contributed by atoms with Crippen molar-refractivity contribution < 1.29 is 28.8 Å². The van der Waals surface area contributed by atoms with Gasteiger partial charge < -0.3 is 24.1 Å². The smallest absolute Gasteiger partial charge is 0.193 e. The fourth-order valence-corrected chi connectivity index (χ4v) is 5.30. The minimum Gasteiger partial charge on any atom is -0.507 e. The molecule has 0 saturated heterocycles. The van der Waals surface area contributed by atoms with Gasteiger partial charge in [-0.05, 0) is 58.5 Å². The number of allylic oxidation sites excluding steroid dienone is 1. The molecule has 0 saturated carbocycles. The lowest BCUT2D eigenvalue weighted by Crippen LogP contribution is -2.05. The SMILES string of the molecule is Cc1cc(OCc2ccccc2)c(OCc2ccccc2)cc1C=CC(=O)c1c(O)cc(OCc2ccccc2)cc1OCc1ccccc1. The van der Waals surface area contributed by atoms with Gasteiger partial charge in [-0.25, -0.2) is 0 Å². The van der Waals surface area contributed by atoms with Gasteiger partial charge in [0.1, 0.15) is 49.2 Å². The van der Waals surface area contributed by atoms with Crippen LogP contribution in [0.4, 0.5) is 0 Å². The Kier molecular flexibility index (Phi) is 11.2. The first-order valence-electron chi connectivity index (χ1n) is 16.4. The van der Waals surface area contributed by atoms with Crippen LogP contribution >= 0.6 is 0 Å². The summed E-state index contributed by atoms with van der Waals surface area (Å²) in [5, 5.41) is 11.1. The molecule has 6 nitrogen and oxygen atoms in total. The number of phenols is 1. The second kappa shape index (κ2) is 16.7. The molecule has 6 aromatic carbocycles. The van der Waals surface area contributed by atoms with Crippen LogP contribution in [0.2, 0.25) is 0 Å².